The first kappa shape index (κ1) is 29.8. The number of sulfonamides is 1. The number of hydrogen-bond donors (Lipinski definition) is 1. The Bertz CT molecular complexity index is 1760. The number of pyridine rings is 1. The van der Waals surface area contributed by atoms with Crippen LogP contribution in [0.3, 0.4) is 0 Å². The Morgan fingerprint density at radius 1 is 1.07 bits per heavy atom. The number of carbonyl (C=O) groups excluding carboxylic acids is 1. The number of hydrogen-bond acceptors (Lipinski definition) is 6. The van der Waals surface area contributed by atoms with Crippen molar-refractivity contribution in [2.45, 2.75) is 31.7 Å². The van der Waals surface area contributed by atoms with Crippen molar-refractivity contribution >= 4 is 67.4 Å². The van der Waals surface area contributed by atoms with Crippen molar-refractivity contribution in [3.63, 3.8) is 0 Å². The number of aliphatic carboxylic acids is 1. The number of carboxylic acids is 1. The van der Waals surface area contributed by atoms with Gasteiger partial charge in [0, 0.05) is 28.2 Å². The van der Waals surface area contributed by atoms with Crippen LogP contribution in [-0.4, -0.2) is 60.8 Å². The molecule has 1 fully saturated rings. The number of nitrogens with zero attached hydrogens (tertiary/aromatic N) is 4. The zero-order valence-corrected chi connectivity index (χ0v) is 25.3. The van der Waals surface area contributed by atoms with E-state index in [2.05, 4.69) is 4.98 Å². The van der Waals surface area contributed by atoms with Crippen LogP contribution in [0.1, 0.15) is 20.8 Å². The van der Waals surface area contributed by atoms with Gasteiger partial charge in [0.2, 0.25) is 0 Å². The molecule has 2 aromatic heterocycles. The molecule has 1 aliphatic rings. The third kappa shape index (κ3) is 5.69. The molecular formula is C29H28Cl2N4O6S. The molecule has 0 bridgehead atoms. The van der Waals surface area contributed by atoms with E-state index in [4.69, 9.17) is 27.9 Å². The zero-order chi connectivity index (χ0) is 30.4. The van der Waals surface area contributed by atoms with Crippen LogP contribution in [0.2, 0.25) is 10.0 Å². The highest BCUT2D eigenvalue weighted by Gasteiger charge is 2.43. The molecule has 1 saturated heterocycles. The lowest BCUT2D eigenvalue weighted by molar-refractivity contribution is -0.140. The average Bonchev–Trinajstić information content (AvgIpc) is 3.34. The second-order valence-electron chi connectivity index (χ2n) is 10.9. The van der Waals surface area contributed by atoms with Gasteiger partial charge in [-0.1, -0.05) is 44.0 Å². The lowest BCUT2D eigenvalue weighted by Crippen LogP contribution is -2.52. The van der Waals surface area contributed by atoms with Gasteiger partial charge >= 0.3 is 5.97 Å². The Morgan fingerprint density at radius 3 is 2.38 bits per heavy atom. The van der Waals surface area contributed by atoms with Gasteiger partial charge in [-0.2, -0.15) is 0 Å². The van der Waals surface area contributed by atoms with Crippen LogP contribution in [0.5, 0.6) is 0 Å². The Kier molecular flexibility index (Phi) is 7.97. The minimum Gasteiger partial charge on any atom is -0.480 e. The van der Waals surface area contributed by atoms with Gasteiger partial charge in [0.25, 0.3) is 15.9 Å². The third-order valence-electron chi connectivity index (χ3n) is 6.89. The summed E-state index contributed by atoms with van der Waals surface area (Å²) in [5.41, 5.74) is 0.546. The van der Waals surface area contributed by atoms with Crippen molar-refractivity contribution < 1.29 is 27.9 Å². The lowest BCUT2D eigenvalue weighted by Gasteiger charge is -2.37. The Hall–Kier alpha value is -3.64. The highest BCUT2D eigenvalue weighted by molar-refractivity contribution is 7.93. The summed E-state index contributed by atoms with van der Waals surface area (Å²) in [4.78, 5) is 30.7. The molecule has 0 radical (unpaired) electrons. The van der Waals surface area contributed by atoms with Gasteiger partial charge in [-0.25, -0.2) is 18.2 Å². The van der Waals surface area contributed by atoms with Crippen LogP contribution in [0.4, 0.5) is 11.4 Å². The largest absolute Gasteiger partial charge is 0.480 e. The fourth-order valence-corrected chi connectivity index (χ4v) is 7.49. The number of ether oxygens (including phenoxy) is 1. The molecule has 0 spiro atoms. The Balaban J connectivity index is 1.58. The molecule has 42 heavy (non-hydrogen) atoms. The van der Waals surface area contributed by atoms with Crippen LogP contribution >= 0.6 is 23.2 Å². The highest BCUT2D eigenvalue weighted by Crippen LogP contribution is 2.37. The average molecular weight is 632 g/mol. The molecule has 13 heteroatoms. The molecule has 0 aliphatic carbocycles. The van der Waals surface area contributed by atoms with Gasteiger partial charge in [0.15, 0.2) is 0 Å². The minimum absolute atomic E-state index is 0.0291. The monoisotopic (exact) mass is 630 g/mol. The number of aromatic nitrogens is 2. The smallest absolute Gasteiger partial charge is 0.328 e. The normalized spacial score (nSPS) is 15.2. The fraction of sp³-hybridized carbons (Fsp3) is 0.276. The molecule has 0 saturated carbocycles. The van der Waals surface area contributed by atoms with Crippen molar-refractivity contribution in [1.82, 2.24) is 9.55 Å². The number of fused-ring (bicyclic) bond motifs is 1. The Morgan fingerprint density at radius 2 is 1.79 bits per heavy atom. The van der Waals surface area contributed by atoms with Gasteiger partial charge in [-0.3, -0.25) is 9.10 Å². The van der Waals surface area contributed by atoms with Crippen LogP contribution in [0.15, 0.2) is 71.9 Å². The number of morpholine rings is 1. The van der Waals surface area contributed by atoms with Crippen molar-refractivity contribution in [1.29, 1.82) is 0 Å². The number of benzene rings is 2. The van der Waals surface area contributed by atoms with Crippen molar-refractivity contribution in [3.8, 4) is 5.82 Å². The Labute approximate surface area is 253 Å². The molecule has 1 amide bonds. The molecular weight excluding hydrogens is 603 g/mol. The van der Waals surface area contributed by atoms with E-state index in [1.165, 1.54) is 18.2 Å². The molecule has 1 unspecified atom stereocenters. The number of anilines is 2. The van der Waals surface area contributed by atoms with E-state index >= 15 is 0 Å². The summed E-state index contributed by atoms with van der Waals surface area (Å²) >= 11 is 12.2. The summed E-state index contributed by atoms with van der Waals surface area (Å²) in [5.74, 6) is -0.859. The predicted octanol–water partition coefficient (Wildman–Crippen LogP) is 5.39. The van der Waals surface area contributed by atoms with E-state index in [0.29, 0.717) is 35.6 Å². The summed E-state index contributed by atoms with van der Waals surface area (Å²) in [5, 5.41) is 11.1. The van der Waals surface area contributed by atoms with Crippen molar-refractivity contribution in [2.24, 2.45) is 5.41 Å². The molecule has 2 aromatic carbocycles. The second-order valence-corrected chi connectivity index (χ2v) is 13.6. The maximum absolute atomic E-state index is 14.1. The fourth-order valence-electron chi connectivity index (χ4n) is 4.98. The van der Waals surface area contributed by atoms with E-state index < -0.39 is 27.4 Å². The van der Waals surface area contributed by atoms with Crippen molar-refractivity contribution in [2.75, 3.05) is 29.0 Å². The third-order valence-corrected chi connectivity index (χ3v) is 9.09. The molecule has 10 nitrogen and oxygen atoms in total. The molecule has 1 N–H and O–H groups in total. The van der Waals surface area contributed by atoms with E-state index in [9.17, 15) is 23.1 Å². The minimum atomic E-state index is -4.44. The van der Waals surface area contributed by atoms with E-state index in [1.807, 2.05) is 4.57 Å². The summed E-state index contributed by atoms with van der Waals surface area (Å²) in [7, 11) is -4.44. The number of halogens is 2. The van der Waals surface area contributed by atoms with Gasteiger partial charge in [0.1, 0.15) is 18.5 Å². The molecule has 220 valence electrons. The molecule has 4 aromatic rings. The van der Waals surface area contributed by atoms with Crippen LogP contribution < -0.4 is 9.21 Å². The molecule has 5 rings (SSSR count). The quantitative estimate of drug-likeness (QED) is 0.290. The summed E-state index contributed by atoms with van der Waals surface area (Å²) in [6, 6.07) is 12.7. The van der Waals surface area contributed by atoms with Crippen LogP contribution in [0.25, 0.3) is 16.7 Å². The van der Waals surface area contributed by atoms with Gasteiger partial charge in [-0.15, -0.1) is 0 Å². The van der Waals surface area contributed by atoms with E-state index in [0.717, 1.165) is 4.31 Å². The van der Waals surface area contributed by atoms with Crippen LogP contribution in [-0.2, 0) is 24.3 Å². The molecule has 1 atom stereocenters. The van der Waals surface area contributed by atoms with Gasteiger partial charge in [0.05, 0.1) is 34.6 Å². The van der Waals surface area contributed by atoms with Gasteiger partial charge < -0.3 is 19.3 Å². The number of amides is 1. The first-order valence-electron chi connectivity index (χ1n) is 13.0. The number of carbonyl (C=O) groups is 2. The molecule has 3 heterocycles. The lowest BCUT2D eigenvalue weighted by atomic mass is 9.86. The summed E-state index contributed by atoms with van der Waals surface area (Å²) < 4.78 is 36.1. The topological polar surface area (TPSA) is 122 Å². The summed E-state index contributed by atoms with van der Waals surface area (Å²) in [6.45, 7) is 5.91. The maximum atomic E-state index is 14.1. The summed E-state index contributed by atoms with van der Waals surface area (Å²) in [6.07, 6.45) is 3.40. The first-order chi connectivity index (χ1) is 19.8. The van der Waals surface area contributed by atoms with E-state index in [1.54, 1.807) is 74.5 Å². The second kappa shape index (κ2) is 11.2. The van der Waals surface area contributed by atoms with Gasteiger partial charge in [-0.05, 0) is 60.0 Å². The van der Waals surface area contributed by atoms with E-state index in [-0.39, 0.29) is 33.1 Å². The number of rotatable bonds is 7. The van der Waals surface area contributed by atoms with Crippen molar-refractivity contribution in [3.05, 3.63) is 77.0 Å². The highest BCUT2D eigenvalue weighted by atomic mass is 35.5. The predicted molar refractivity (Wildman–Crippen MR) is 161 cm³/mol. The zero-order valence-electron chi connectivity index (χ0n) is 23.0. The maximum Gasteiger partial charge on any atom is 0.328 e. The first-order valence-corrected chi connectivity index (χ1v) is 15.2. The standard InChI is InChI=1S/C29H28Cl2N4O6S/c1-29(2,3)27(28(37)38)35(42(39,40)23-14-19(30)13-20(31)15-23)21-4-6-24-18(12-21)8-9-34(24)25-7-5-22(16-32-25)33-10-11-41-17-26(33)36/h4-9,12-16,27H,10-11,17H2,1-3H3,(H,37,38). The molecule has 1 aliphatic heterocycles. The SMILES string of the molecule is CC(C)(C)C(C(=O)O)N(c1ccc2c(ccn2-c2ccc(N3CCOCC3=O)cn2)c1)S(=O)(=O)c1cc(Cl)cc(Cl)c1. The number of carboxylic acid groups (broad SMARTS) is 1. The van der Waals surface area contributed by atoms with Crippen LogP contribution in [0, 0.1) is 5.41 Å².